The number of hydrogen-bond acceptors (Lipinski definition) is 3. The standard InChI is InChI=1S/C4H6BrO3P/c5-8-9(6)7-4-2-1-3-4/h2,9H,1,3H2. The third-order valence-corrected chi connectivity index (χ3v) is 2.39. The predicted molar refractivity (Wildman–Crippen MR) is 37.4 cm³/mol. The van der Waals surface area contributed by atoms with E-state index in [0.29, 0.717) is 0 Å². The van der Waals surface area contributed by atoms with E-state index >= 15 is 0 Å². The minimum absolute atomic E-state index is 0.776. The van der Waals surface area contributed by atoms with Crippen molar-refractivity contribution in [3.8, 4) is 0 Å². The van der Waals surface area contributed by atoms with E-state index in [2.05, 4.69) is 19.9 Å². The van der Waals surface area contributed by atoms with Crippen LogP contribution in [0.5, 0.6) is 0 Å². The van der Waals surface area contributed by atoms with Crippen LogP contribution in [0.2, 0.25) is 0 Å². The van der Waals surface area contributed by atoms with Gasteiger partial charge in [0.2, 0.25) is 0 Å². The van der Waals surface area contributed by atoms with Gasteiger partial charge in [-0.05, 0) is 12.5 Å². The average Bonchev–Trinajstić information content (AvgIpc) is 1.78. The Balaban J connectivity index is 2.24. The van der Waals surface area contributed by atoms with Crippen LogP contribution in [-0.4, -0.2) is 0 Å². The summed E-state index contributed by atoms with van der Waals surface area (Å²) in [7, 11) is -2.29. The molecule has 5 heteroatoms. The molecule has 52 valence electrons. The Labute approximate surface area is 62.4 Å². The summed E-state index contributed by atoms with van der Waals surface area (Å²) in [5, 5.41) is 0. The molecular weight excluding hydrogens is 207 g/mol. The highest BCUT2D eigenvalue weighted by Gasteiger charge is 2.09. The first-order valence-electron chi connectivity index (χ1n) is 2.52. The van der Waals surface area contributed by atoms with Crippen molar-refractivity contribution in [2.45, 2.75) is 12.8 Å². The smallest absolute Gasteiger partial charge is 0.378 e. The van der Waals surface area contributed by atoms with Gasteiger partial charge in [-0.3, -0.25) is 0 Å². The Morgan fingerprint density at radius 2 is 2.44 bits per heavy atom. The Hall–Kier alpha value is 0.210. The van der Waals surface area contributed by atoms with E-state index in [0.717, 1.165) is 18.6 Å². The van der Waals surface area contributed by atoms with Crippen molar-refractivity contribution in [3.05, 3.63) is 11.8 Å². The van der Waals surface area contributed by atoms with Gasteiger partial charge < -0.3 is 4.52 Å². The summed E-state index contributed by atoms with van der Waals surface area (Å²) in [5.74, 6) is 0.776. The molecule has 0 heterocycles. The molecular formula is C4H6BrO3P. The zero-order chi connectivity index (χ0) is 6.69. The molecule has 1 aliphatic rings. The second-order valence-electron chi connectivity index (χ2n) is 1.64. The largest absolute Gasteiger partial charge is 0.431 e. The minimum atomic E-state index is -2.29. The fourth-order valence-corrected chi connectivity index (χ4v) is 1.11. The average molecular weight is 213 g/mol. The summed E-state index contributed by atoms with van der Waals surface area (Å²) in [6, 6.07) is 0. The lowest BCUT2D eigenvalue weighted by Gasteiger charge is -2.12. The van der Waals surface area contributed by atoms with Crippen molar-refractivity contribution in [2.24, 2.45) is 0 Å². The SMILES string of the molecule is O=[PH](OBr)OC1=CCC1. The van der Waals surface area contributed by atoms with Crippen molar-refractivity contribution in [2.75, 3.05) is 0 Å². The fourth-order valence-electron chi connectivity index (χ4n) is 0.478. The Morgan fingerprint density at radius 1 is 1.78 bits per heavy atom. The Morgan fingerprint density at radius 3 is 2.78 bits per heavy atom. The van der Waals surface area contributed by atoms with E-state index in [1.165, 1.54) is 0 Å². The molecule has 0 aromatic heterocycles. The van der Waals surface area contributed by atoms with Gasteiger partial charge >= 0.3 is 8.25 Å². The molecule has 0 amide bonds. The van der Waals surface area contributed by atoms with E-state index in [9.17, 15) is 4.57 Å². The highest BCUT2D eigenvalue weighted by Crippen LogP contribution is 2.34. The van der Waals surface area contributed by atoms with Gasteiger partial charge in [-0.1, -0.05) is 0 Å². The third kappa shape index (κ3) is 2.12. The summed E-state index contributed by atoms with van der Waals surface area (Å²) in [6.45, 7) is 0. The first-order valence-corrected chi connectivity index (χ1v) is 4.39. The van der Waals surface area contributed by atoms with E-state index < -0.39 is 8.25 Å². The predicted octanol–water partition coefficient (Wildman–Crippen LogP) is 2.40. The number of rotatable bonds is 3. The molecule has 0 spiro atoms. The quantitative estimate of drug-likeness (QED) is 0.675. The molecule has 0 saturated heterocycles. The molecule has 1 rings (SSSR count). The van der Waals surface area contributed by atoms with Crippen molar-refractivity contribution in [1.82, 2.24) is 0 Å². The lowest BCUT2D eigenvalue weighted by molar-refractivity contribution is 0.347. The topological polar surface area (TPSA) is 35.5 Å². The van der Waals surface area contributed by atoms with E-state index in [4.69, 9.17) is 4.52 Å². The monoisotopic (exact) mass is 212 g/mol. The van der Waals surface area contributed by atoms with Crippen LogP contribution in [-0.2, 0) is 12.7 Å². The van der Waals surface area contributed by atoms with Crippen molar-refractivity contribution in [1.29, 1.82) is 0 Å². The van der Waals surface area contributed by atoms with Crippen molar-refractivity contribution in [3.63, 3.8) is 0 Å². The van der Waals surface area contributed by atoms with Crippen molar-refractivity contribution >= 4 is 24.5 Å². The van der Waals surface area contributed by atoms with Crippen molar-refractivity contribution < 1.29 is 12.7 Å². The molecule has 0 radical (unpaired) electrons. The Kier molecular flexibility index (Phi) is 2.76. The third-order valence-electron chi connectivity index (χ3n) is 1.04. The molecule has 1 atom stereocenters. The summed E-state index contributed by atoms with van der Waals surface area (Å²) in [4.78, 5) is 0. The lowest BCUT2D eigenvalue weighted by Crippen LogP contribution is -1.93. The van der Waals surface area contributed by atoms with Crippen LogP contribution in [0.1, 0.15) is 12.8 Å². The van der Waals surface area contributed by atoms with Gasteiger partial charge in [0.25, 0.3) is 0 Å². The Bertz CT molecular complexity index is 156. The maximum Gasteiger partial charge on any atom is 0.378 e. The van der Waals surface area contributed by atoms with Crippen LogP contribution < -0.4 is 0 Å². The van der Waals surface area contributed by atoms with Crippen LogP contribution >= 0.6 is 24.5 Å². The van der Waals surface area contributed by atoms with Crippen LogP contribution in [0, 0.1) is 0 Å². The summed E-state index contributed by atoms with van der Waals surface area (Å²) >= 11 is 2.58. The molecule has 0 aromatic rings. The van der Waals surface area contributed by atoms with Crippen LogP contribution in [0.4, 0.5) is 0 Å². The lowest BCUT2D eigenvalue weighted by atomic mass is 10.1. The van der Waals surface area contributed by atoms with Crippen LogP contribution in [0.25, 0.3) is 0 Å². The zero-order valence-corrected chi connectivity index (χ0v) is 7.18. The zero-order valence-electron chi connectivity index (χ0n) is 4.59. The molecule has 1 aliphatic carbocycles. The van der Waals surface area contributed by atoms with Gasteiger partial charge in [-0.25, -0.2) is 8.18 Å². The highest BCUT2D eigenvalue weighted by atomic mass is 79.9. The maximum absolute atomic E-state index is 10.5. The molecule has 0 bridgehead atoms. The maximum atomic E-state index is 10.5. The highest BCUT2D eigenvalue weighted by molar-refractivity contribution is 9.06. The van der Waals surface area contributed by atoms with Gasteiger partial charge in [0, 0.05) is 6.42 Å². The first kappa shape index (κ1) is 7.32. The van der Waals surface area contributed by atoms with Crippen LogP contribution in [0.3, 0.4) is 0 Å². The van der Waals surface area contributed by atoms with E-state index in [1.54, 1.807) is 0 Å². The first-order chi connectivity index (χ1) is 4.33. The molecule has 9 heavy (non-hydrogen) atoms. The van der Waals surface area contributed by atoms with Gasteiger partial charge in [0.15, 0.2) is 0 Å². The summed E-state index contributed by atoms with van der Waals surface area (Å²) in [5.41, 5.74) is 0. The molecule has 0 aliphatic heterocycles. The summed E-state index contributed by atoms with van der Waals surface area (Å²) in [6.07, 6.45) is 3.79. The number of hydrogen-bond donors (Lipinski definition) is 0. The molecule has 0 aromatic carbocycles. The van der Waals surface area contributed by atoms with E-state index in [-0.39, 0.29) is 0 Å². The number of allylic oxidation sites excluding steroid dienone is 2. The minimum Gasteiger partial charge on any atom is -0.431 e. The van der Waals surface area contributed by atoms with Gasteiger partial charge in [-0.15, -0.1) is 0 Å². The van der Waals surface area contributed by atoms with Gasteiger partial charge in [0.1, 0.15) is 22.0 Å². The normalized spacial score (nSPS) is 19.9. The molecule has 0 fully saturated rings. The molecule has 3 nitrogen and oxygen atoms in total. The van der Waals surface area contributed by atoms with Gasteiger partial charge in [0.05, 0.1) is 0 Å². The second kappa shape index (κ2) is 3.40. The van der Waals surface area contributed by atoms with E-state index in [1.807, 2.05) is 6.08 Å². The fraction of sp³-hybridized carbons (Fsp3) is 0.500. The number of halogens is 1. The van der Waals surface area contributed by atoms with Gasteiger partial charge in [-0.2, -0.15) is 0 Å². The molecule has 0 saturated carbocycles. The summed E-state index contributed by atoms with van der Waals surface area (Å²) < 4.78 is 19.5. The second-order valence-corrected chi connectivity index (χ2v) is 3.47. The molecule has 1 unspecified atom stereocenters. The van der Waals surface area contributed by atoms with Crippen LogP contribution in [0.15, 0.2) is 11.8 Å². The molecule has 0 N–H and O–H groups in total.